The van der Waals surface area contributed by atoms with E-state index < -0.39 is 12.1 Å². The molecule has 2 aromatic rings. The smallest absolute Gasteiger partial charge is 0.279 e. The number of piperidine rings is 1. The molecule has 2 aliphatic rings. The number of halogens is 2. The van der Waals surface area contributed by atoms with E-state index in [1.54, 1.807) is 18.1 Å². The molecular weight excluding hydrogens is 424 g/mol. The van der Waals surface area contributed by atoms with E-state index in [2.05, 4.69) is 35.4 Å². The lowest BCUT2D eigenvalue weighted by molar-refractivity contribution is -0.0819. The standard InChI is InChI=1S/C20H25F2N7OS/c1-31-29-6-4-20(5-7-29)12-28(8-9-30-20)18-10-15(25-13-26-18)16-11-24-17(27-16)3-2-14(23)19(21)22/h2-3,10-11,13,19,23H,4-9,12H2,1H3,(H,24,27)/b3-2-,23-14?. The predicted octanol–water partition coefficient (Wildman–Crippen LogP) is 3.11. The molecule has 2 saturated heterocycles. The topological polar surface area (TPSA) is 94.0 Å². The lowest BCUT2D eigenvalue weighted by Gasteiger charge is -2.47. The first-order valence-corrected chi connectivity index (χ1v) is 11.3. The van der Waals surface area contributed by atoms with Crippen LogP contribution in [-0.2, 0) is 4.74 Å². The summed E-state index contributed by atoms with van der Waals surface area (Å²) in [5.74, 6) is 1.21. The van der Waals surface area contributed by atoms with Crippen LogP contribution in [0.3, 0.4) is 0 Å². The highest BCUT2D eigenvalue weighted by Crippen LogP contribution is 2.33. The van der Waals surface area contributed by atoms with E-state index in [4.69, 9.17) is 10.1 Å². The number of aromatic nitrogens is 4. The predicted molar refractivity (Wildman–Crippen MR) is 118 cm³/mol. The average molecular weight is 450 g/mol. The number of anilines is 1. The summed E-state index contributed by atoms with van der Waals surface area (Å²) in [6.45, 7) is 4.23. The van der Waals surface area contributed by atoms with Crippen LogP contribution < -0.4 is 4.90 Å². The third-order valence-corrected chi connectivity index (χ3v) is 6.53. The summed E-state index contributed by atoms with van der Waals surface area (Å²) in [6, 6.07) is 1.90. The number of aromatic amines is 1. The first kappa shape index (κ1) is 21.8. The summed E-state index contributed by atoms with van der Waals surface area (Å²) < 4.78 is 33.5. The van der Waals surface area contributed by atoms with Gasteiger partial charge in [0.2, 0.25) is 0 Å². The molecule has 2 N–H and O–H groups in total. The number of ether oxygens (including phenoxy) is 1. The monoisotopic (exact) mass is 449 g/mol. The van der Waals surface area contributed by atoms with Gasteiger partial charge in [-0.15, -0.1) is 0 Å². The highest BCUT2D eigenvalue weighted by molar-refractivity contribution is 7.96. The maximum atomic E-state index is 12.5. The molecule has 4 heterocycles. The van der Waals surface area contributed by atoms with Crippen molar-refractivity contribution in [3.05, 3.63) is 30.5 Å². The van der Waals surface area contributed by atoms with Crippen molar-refractivity contribution in [1.82, 2.24) is 24.2 Å². The van der Waals surface area contributed by atoms with Crippen molar-refractivity contribution in [2.24, 2.45) is 0 Å². The van der Waals surface area contributed by atoms with Crippen molar-refractivity contribution in [3.8, 4) is 11.4 Å². The number of rotatable bonds is 6. The third kappa shape index (κ3) is 5.10. The van der Waals surface area contributed by atoms with Gasteiger partial charge in [0.25, 0.3) is 6.43 Å². The number of imidazole rings is 1. The molecule has 0 amide bonds. The Morgan fingerprint density at radius 2 is 2.10 bits per heavy atom. The number of nitrogens with one attached hydrogen (secondary N) is 2. The van der Waals surface area contributed by atoms with Crippen molar-refractivity contribution >= 4 is 29.6 Å². The molecule has 11 heteroatoms. The Bertz CT molecular complexity index is 943. The molecule has 166 valence electrons. The largest absolute Gasteiger partial charge is 0.371 e. The molecule has 2 aromatic heterocycles. The normalized spacial score (nSPS) is 19.5. The van der Waals surface area contributed by atoms with Crippen molar-refractivity contribution in [1.29, 1.82) is 5.41 Å². The van der Waals surface area contributed by atoms with Crippen LogP contribution in [0, 0.1) is 5.41 Å². The van der Waals surface area contributed by atoms with Gasteiger partial charge in [-0.1, -0.05) is 11.9 Å². The molecule has 0 unspecified atom stereocenters. The molecule has 0 saturated carbocycles. The van der Waals surface area contributed by atoms with Gasteiger partial charge in [-0.05, 0) is 31.2 Å². The molecule has 0 bridgehead atoms. The van der Waals surface area contributed by atoms with Crippen LogP contribution >= 0.6 is 11.9 Å². The molecule has 1 spiro atoms. The number of nitrogens with zero attached hydrogens (tertiary/aromatic N) is 5. The Balaban J connectivity index is 1.47. The Hall–Kier alpha value is -2.37. The Morgan fingerprint density at radius 1 is 1.29 bits per heavy atom. The molecule has 2 fully saturated rings. The molecule has 2 aliphatic heterocycles. The SMILES string of the molecule is CSN1CCC2(CC1)CN(c1cc(-c3cnc(/C=C\C(=N)C(F)F)[nH]3)ncn1)CCO2. The second-order valence-corrected chi connectivity index (χ2v) is 8.48. The van der Waals surface area contributed by atoms with Crippen LogP contribution in [0.25, 0.3) is 17.5 Å². The van der Waals surface area contributed by atoms with Gasteiger partial charge in [0, 0.05) is 32.2 Å². The zero-order chi connectivity index (χ0) is 21.8. The van der Waals surface area contributed by atoms with Crippen LogP contribution in [0.15, 0.2) is 24.7 Å². The van der Waals surface area contributed by atoms with Crippen molar-refractivity contribution in [2.45, 2.75) is 24.9 Å². The van der Waals surface area contributed by atoms with E-state index in [-0.39, 0.29) is 5.60 Å². The number of morpholine rings is 1. The Kier molecular flexibility index (Phi) is 6.63. The molecule has 0 aromatic carbocycles. The lowest BCUT2D eigenvalue weighted by atomic mass is 9.90. The maximum absolute atomic E-state index is 12.5. The number of hydrogen-bond donors (Lipinski definition) is 2. The van der Waals surface area contributed by atoms with Crippen molar-refractivity contribution in [3.63, 3.8) is 0 Å². The second-order valence-electron chi connectivity index (χ2n) is 7.60. The van der Waals surface area contributed by atoms with Gasteiger partial charge in [0.15, 0.2) is 0 Å². The van der Waals surface area contributed by atoms with Gasteiger partial charge in [-0.25, -0.2) is 23.7 Å². The first-order valence-electron chi connectivity index (χ1n) is 10.1. The van der Waals surface area contributed by atoms with Gasteiger partial charge in [0.1, 0.15) is 18.0 Å². The van der Waals surface area contributed by atoms with Crippen LogP contribution in [0.1, 0.15) is 18.7 Å². The Morgan fingerprint density at radius 3 is 2.84 bits per heavy atom. The summed E-state index contributed by atoms with van der Waals surface area (Å²) >= 11 is 1.78. The second kappa shape index (κ2) is 9.41. The van der Waals surface area contributed by atoms with Gasteiger partial charge in [-0.2, -0.15) is 0 Å². The summed E-state index contributed by atoms with van der Waals surface area (Å²) in [4.78, 5) is 18.2. The fraction of sp³-hybridized carbons (Fsp3) is 0.500. The van der Waals surface area contributed by atoms with Crippen molar-refractivity contribution < 1.29 is 13.5 Å². The van der Waals surface area contributed by atoms with E-state index in [9.17, 15) is 8.78 Å². The number of allylic oxidation sites excluding steroid dienone is 1. The zero-order valence-corrected chi connectivity index (χ0v) is 18.0. The van der Waals surface area contributed by atoms with Gasteiger partial charge >= 0.3 is 0 Å². The van der Waals surface area contributed by atoms with E-state index in [0.717, 1.165) is 50.9 Å². The molecule has 8 nitrogen and oxygen atoms in total. The van der Waals surface area contributed by atoms with Crippen molar-refractivity contribution in [2.75, 3.05) is 43.9 Å². The number of alkyl halides is 2. The van der Waals surface area contributed by atoms with Crippen LogP contribution in [0.2, 0.25) is 0 Å². The van der Waals surface area contributed by atoms with E-state index in [0.29, 0.717) is 23.8 Å². The quantitative estimate of drug-likeness (QED) is 0.517. The summed E-state index contributed by atoms with van der Waals surface area (Å²) in [5.41, 5.74) is 0.422. The highest BCUT2D eigenvalue weighted by Gasteiger charge is 2.40. The summed E-state index contributed by atoms with van der Waals surface area (Å²) in [5, 5.41) is 7.19. The molecular formula is C20H25F2N7OS. The minimum atomic E-state index is -2.81. The minimum Gasteiger partial charge on any atom is -0.371 e. The van der Waals surface area contributed by atoms with Gasteiger partial charge < -0.3 is 14.6 Å². The van der Waals surface area contributed by atoms with Crippen LogP contribution in [-0.4, -0.2) is 81.0 Å². The summed E-state index contributed by atoms with van der Waals surface area (Å²) in [7, 11) is 0. The molecule has 0 radical (unpaired) electrons. The number of H-pyrrole nitrogens is 1. The number of hydrogen-bond acceptors (Lipinski definition) is 8. The van der Waals surface area contributed by atoms with Gasteiger partial charge in [0.05, 0.1) is 35.5 Å². The molecule has 31 heavy (non-hydrogen) atoms. The Labute approximate surface area is 183 Å². The van der Waals surface area contributed by atoms with Gasteiger partial charge in [-0.3, -0.25) is 9.71 Å². The zero-order valence-electron chi connectivity index (χ0n) is 17.2. The fourth-order valence-corrected chi connectivity index (χ4v) is 4.43. The van der Waals surface area contributed by atoms with Crippen LogP contribution in [0.4, 0.5) is 14.6 Å². The van der Waals surface area contributed by atoms with Crippen LogP contribution in [0.5, 0.6) is 0 Å². The lowest BCUT2D eigenvalue weighted by Crippen LogP contribution is -2.56. The fourth-order valence-electron chi connectivity index (χ4n) is 3.88. The molecule has 0 atom stereocenters. The third-order valence-electron chi connectivity index (χ3n) is 5.64. The van der Waals surface area contributed by atoms with E-state index in [1.165, 1.54) is 12.4 Å². The van der Waals surface area contributed by atoms with E-state index in [1.807, 2.05) is 6.07 Å². The minimum absolute atomic E-state index is 0.142. The molecule has 0 aliphatic carbocycles. The first-order chi connectivity index (χ1) is 15.0. The average Bonchev–Trinajstić information content (AvgIpc) is 3.27. The summed E-state index contributed by atoms with van der Waals surface area (Å²) in [6.07, 6.45) is 6.79. The van der Waals surface area contributed by atoms with E-state index >= 15 is 0 Å². The highest BCUT2D eigenvalue weighted by atomic mass is 32.2. The maximum Gasteiger partial charge on any atom is 0.279 e. The molecule has 4 rings (SSSR count).